The van der Waals surface area contributed by atoms with Gasteiger partial charge in [-0.1, -0.05) is 13.0 Å². The minimum absolute atomic E-state index is 0.569. The van der Waals surface area contributed by atoms with Crippen molar-refractivity contribution in [3.05, 3.63) is 48.2 Å². The summed E-state index contributed by atoms with van der Waals surface area (Å²) in [6, 6.07) is 6.80. The van der Waals surface area contributed by atoms with Crippen molar-refractivity contribution in [2.24, 2.45) is 0 Å². The number of aryl methyl sites for hydroxylation is 1. The van der Waals surface area contributed by atoms with E-state index in [2.05, 4.69) is 44.0 Å². The SMILES string of the molecule is CCc1cc(N(Cc2cccnc2)C2CC2)n2ncnc2n1. The van der Waals surface area contributed by atoms with Gasteiger partial charge in [0.05, 0.1) is 0 Å². The normalized spacial score (nSPS) is 14.4. The lowest BCUT2D eigenvalue weighted by atomic mass is 10.2. The van der Waals surface area contributed by atoms with E-state index < -0.39 is 0 Å². The average Bonchev–Trinajstić information content (AvgIpc) is 3.29. The standard InChI is InChI=1S/C16H18N6/c1-2-13-8-15(22-16(20-13)18-11-19-22)21(14-5-6-14)10-12-4-3-7-17-9-12/h3-4,7-9,11,14H,2,5-6,10H2,1H3. The zero-order valence-electron chi connectivity index (χ0n) is 12.6. The van der Waals surface area contributed by atoms with Crippen molar-refractivity contribution < 1.29 is 0 Å². The van der Waals surface area contributed by atoms with Crippen molar-refractivity contribution in [2.75, 3.05) is 4.90 Å². The van der Waals surface area contributed by atoms with Crippen LogP contribution in [0.25, 0.3) is 5.78 Å². The number of pyridine rings is 1. The lowest BCUT2D eigenvalue weighted by Gasteiger charge is -2.25. The molecule has 0 N–H and O–H groups in total. The molecule has 3 aromatic heterocycles. The Kier molecular flexibility index (Phi) is 3.21. The summed E-state index contributed by atoms with van der Waals surface area (Å²) in [5.41, 5.74) is 2.25. The first kappa shape index (κ1) is 13.2. The van der Waals surface area contributed by atoms with Gasteiger partial charge in [-0.15, -0.1) is 0 Å². The van der Waals surface area contributed by atoms with E-state index in [9.17, 15) is 0 Å². The van der Waals surface area contributed by atoms with E-state index in [-0.39, 0.29) is 0 Å². The largest absolute Gasteiger partial charge is 0.349 e. The molecule has 0 unspecified atom stereocenters. The third kappa shape index (κ3) is 2.41. The van der Waals surface area contributed by atoms with E-state index >= 15 is 0 Å². The Hall–Kier alpha value is -2.50. The van der Waals surface area contributed by atoms with E-state index in [1.165, 1.54) is 18.4 Å². The lowest BCUT2D eigenvalue weighted by Crippen LogP contribution is -2.27. The molecule has 112 valence electrons. The highest BCUT2D eigenvalue weighted by Gasteiger charge is 2.31. The van der Waals surface area contributed by atoms with Gasteiger partial charge in [0, 0.05) is 36.7 Å². The Morgan fingerprint density at radius 3 is 3.00 bits per heavy atom. The summed E-state index contributed by atoms with van der Waals surface area (Å²) in [5.74, 6) is 1.75. The highest BCUT2D eigenvalue weighted by Crippen LogP contribution is 2.33. The first-order chi connectivity index (χ1) is 10.8. The van der Waals surface area contributed by atoms with Crippen molar-refractivity contribution >= 4 is 11.6 Å². The maximum atomic E-state index is 4.53. The topological polar surface area (TPSA) is 59.2 Å². The number of hydrogen-bond donors (Lipinski definition) is 0. The summed E-state index contributed by atoms with van der Waals surface area (Å²) in [6.45, 7) is 2.95. The minimum Gasteiger partial charge on any atom is -0.349 e. The zero-order chi connectivity index (χ0) is 14.9. The van der Waals surface area contributed by atoms with Gasteiger partial charge in [0.2, 0.25) is 0 Å². The average molecular weight is 294 g/mol. The van der Waals surface area contributed by atoms with Crippen LogP contribution in [0.4, 0.5) is 5.82 Å². The molecule has 1 aliphatic rings. The molecule has 0 amide bonds. The van der Waals surface area contributed by atoms with Gasteiger partial charge >= 0.3 is 0 Å². The van der Waals surface area contributed by atoms with Crippen LogP contribution in [-0.2, 0) is 13.0 Å². The molecule has 6 heteroatoms. The highest BCUT2D eigenvalue weighted by atomic mass is 15.4. The summed E-state index contributed by atoms with van der Waals surface area (Å²) in [7, 11) is 0. The number of hydrogen-bond acceptors (Lipinski definition) is 5. The van der Waals surface area contributed by atoms with E-state index in [1.54, 1.807) is 6.33 Å². The van der Waals surface area contributed by atoms with Gasteiger partial charge in [-0.05, 0) is 30.9 Å². The maximum Gasteiger partial charge on any atom is 0.254 e. The second-order valence-corrected chi connectivity index (χ2v) is 5.65. The van der Waals surface area contributed by atoms with Gasteiger partial charge in [0.1, 0.15) is 12.1 Å². The summed E-state index contributed by atoms with van der Waals surface area (Å²) in [4.78, 5) is 15.4. The molecular weight excluding hydrogens is 276 g/mol. The second-order valence-electron chi connectivity index (χ2n) is 5.65. The molecule has 22 heavy (non-hydrogen) atoms. The van der Waals surface area contributed by atoms with Gasteiger partial charge in [-0.25, -0.2) is 4.98 Å². The fourth-order valence-electron chi connectivity index (χ4n) is 2.70. The van der Waals surface area contributed by atoms with E-state index in [1.807, 2.05) is 23.0 Å². The third-order valence-corrected chi connectivity index (χ3v) is 4.01. The molecule has 0 saturated heterocycles. The molecule has 3 heterocycles. The van der Waals surface area contributed by atoms with Crippen molar-refractivity contribution in [2.45, 2.75) is 38.8 Å². The number of aromatic nitrogens is 5. The molecule has 4 rings (SSSR count). The minimum atomic E-state index is 0.569. The van der Waals surface area contributed by atoms with E-state index in [0.717, 1.165) is 24.5 Å². The summed E-state index contributed by atoms with van der Waals surface area (Å²) in [6.07, 6.45) is 8.64. The molecule has 6 nitrogen and oxygen atoms in total. The Morgan fingerprint density at radius 1 is 1.36 bits per heavy atom. The lowest BCUT2D eigenvalue weighted by molar-refractivity contribution is 0.741. The molecule has 1 aliphatic carbocycles. The molecule has 0 spiro atoms. The third-order valence-electron chi connectivity index (χ3n) is 4.01. The maximum absolute atomic E-state index is 4.53. The smallest absolute Gasteiger partial charge is 0.254 e. The molecule has 1 fully saturated rings. The fraction of sp³-hybridized carbons (Fsp3) is 0.375. The molecule has 3 aromatic rings. The summed E-state index contributed by atoms with van der Waals surface area (Å²) in [5, 5.41) is 4.35. The van der Waals surface area contributed by atoms with Crippen LogP contribution in [0.5, 0.6) is 0 Å². The van der Waals surface area contributed by atoms with Gasteiger partial charge in [-0.2, -0.15) is 14.6 Å². The van der Waals surface area contributed by atoms with Crippen molar-refractivity contribution in [1.29, 1.82) is 0 Å². The monoisotopic (exact) mass is 294 g/mol. The first-order valence-corrected chi connectivity index (χ1v) is 7.70. The number of fused-ring (bicyclic) bond motifs is 1. The number of nitrogens with zero attached hydrogens (tertiary/aromatic N) is 6. The summed E-state index contributed by atoms with van der Waals surface area (Å²) >= 11 is 0. The van der Waals surface area contributed by atoms with Crippen LogP contribution < -0.4 is 4.90 Å². The molecule has 1 saturated carbocycles. The van der Waals surface area contributed by atoms with Crippen LogP contribution in [-0.4, -0.2) is 30.6 Å². The molecule has 0 bridgehead atoms. The van der Waals surface area contributed by atoms with Gasteiger partial charge < -0.3 is 4.90 Å². The van der Waals surface area contributed by atoms with Crippen LogP contribution in [0.2, 0.25) is 0 Å². The van der Waals surface area contributed by atoms with Crippen LogP contribution >= 0.6 is 0 Å². The molecule has 0 aromatic carbocycles. The molecule has 0 aliphatic heterocycles. The van der Waals surface area contributed by atoms with Crippen LogP contribution in [0, 0.1) is 0 Å². The zero-order valence-corrected chi connectivity index (χ0v) is 12.6. The van der Waals surface area contributed by atoms with Crippen molar-refractivity contribution in [3.8, 4) is 0 Å². The Labute approximate surface area is 128 Å². The van der Waals surface area contributed by atoms with Crippen molar-refractivity contribution in [3.63, 3.8) is 0 Å². The fourth-order valence-corrected chi connectivity index (χ4v) is 2.70. The van der Waals surface area contributed by atoms with Crippen LogP contribution in [0.3, 0.4) is 0 Å². The first-order valence-electron chi connectivity index (χ1n) is 7.70. The van der Waals surface area contributed by atoms with Crippen LogP contribution in [0.15, 0.2) is 36.9 Å². The Bertz CT molecular complexity index is 778. The molecular formula is C16H18N6. The summed E-state index contributed by atoms with van der Waals surface area (Å²) < 4.78 is 1.84. The Morgan fingerprint density at radius 2 is 2.27 bits per heavy atom. The van der Waals surface area contributed by atoms with E-state index in [4.69, 9.17) is 0 Å². The van der Waals surface area contributed by atoms with Crippen molar-refractivity contribution in [1.82, 2.24) is 24.6 Å². The van der Waals surface area contributed by atoms with E-state index in [0.29, 0.717) is 11.8 Å². The molecule has 0 radical (unpaired) electrons. The predicted octanol–water partition coefficient (Wildman–Crippen LogP) is 2.25. The predicted molar refractivity (Wildman–Crippen MR) is 83.6 cm³/mol. The quantitative estimate of drug-likeness (QED) is 0.722. The number of rotatable bonds is 5. The Balaban J connectivity index is 1.78. The number of anilines is 1. The van der Waals surface area contributed by atoms with Gasteiger partial charge in [0.25, 0.3) is 5.78 Å². The second kappa shape index (κ2) is 5.36. The van der Waals surface area contributed by atoms with Gasteiger partial charge in [-0.3, -0.25) is 4.98 Å². The van der Waals surface area contributed by atoms with Crippen LogP contribution in [0.1, 0.15) is 31.0 Å². The molecule has 0 atom stereocenters. The highest BCUT2D eigenvalue weighted by molar-refractivity contribution is 5.49. The van der Waals surface area contributed by atoms with Gasteiger partial charge in [0.15, 0.2) is 0 Å².